The summed E-state index contributed by atoms with van der Waals surface area (Å²) in [7, 11) is -2.64. The second-order valence-electron chi connectivity index (χ2n) is 4.98. The van der Waals surface area contributed by atoms with Crippen LogP contribution in [0.25, 0.3) is 0 Å². The van der Waals surface area contributed by atoms with Crippen molar-refractivity contribution in [2.75, 3.05) is 13.7 Å². The number of ether oxygens (including phenoxy) is 1. The van der Waals surface area contributed by atoms with Crippen LogP contribution in [-0.4, -0.2) is 33.8 Å². The van der Waals surface area contributed by atoms with Gasteiger partial charge in [-0.1, -0.05) is 34.8 Å². The molecule has 10 heteroatoms. The van der Waals surface area contributed by atoms with Crippen LogP contribution < -0.4 is 4.72 Å². The summed E-state index contributed by atoms with van der Waals surface area (Å²) < 4.78 is 30.8. The van der Waals surface area contributed by atoms with E-state index in [-0.39, 0.29) is 26.1 Å². The number of halogens is 3. The van der Waals surface area contributed by atoms with Crippen molar-refractivity contribution in [1.29, 1.82) is 0 Å². The van der Waals surface area contributed by atoms with Crippen LogP contribution in [0.1, 0.15) is 20.7 Å². The van der Waals surface area contributed by atoms with E-state index in [4.69, 9.17) is 39.5 Å². The Labute approximate surface area is 165 Å². The van der Waals surface area contributed by atoms with Gasteiger partial charge in [0.05, 0.1) is 15.6 Å². The molecular weight excluding hydrogens is 425 g/mol. The monoisotopic (exact) mass is 435 g/mol. The summed E-state index contributed by atoms with van der Waals surface area (Å²) >= 11 is 17.5. The molecule has 138 valence electrons. The van der Waals surface area contributed by atoms with Gasteiger partial charge in [0.1, 0.15) is 4.90 Å². The summed E-state index contributed by atoms with van der Waals surface area (Å²) in [5.41, 5.74) is 0.0802. The highest BCUT2D eigenvalue weighted by Gasteiger charge is 2.20. The van der Waals surface area contributed by atoms with Gasteiger partial charge in [0.15, 0.2) is 6.61 Å². The van der Waals surface area contributed by atoms with E-state index in [1.807, 2.05) is 0 Å². The third-order valence-electron chi connectivity index (χ3n) is 3.29. The fourth-order valence-electron chi connectivity index (χ4n) is 1.95. The number of benzene rings is 2. The van der Waals surface area contributed by atoms with E-state index in [1.54, 1.807) is 0 Å². The SMILES string of the molecule is CNS(=O)(=O)c1cc(C(=O)OCC(=O)c2ccc(Cl)cc2Cl)ccc1Cl. The quantitative estimate of drug-likeness (QED) is 0.552. The van der Waals surface area contributed by atoms with E-state index in [9.17, 15) is 18.0 Å². The van der Waals surface area contributed by atoms with Gasteiger partial charge in [0.2, 0.25) is 15.8 Å². The molecule has 0 radical (unpaired) electrons. The van der Waals surface area contributed by atoms with Crippen LogP contribution in [0.2, 0.25) is 15.1 Å². The summed E-state index contributed by atoms with van der Waals surface area (Å²) in [4.78, 5) is 23.9. The maximum absolute atomic E-state index is 12.1. The molecule has 0 bridgehead atoms. The molecule has 1 N–H and O–H groups in total. The van der Waals surface area contributed by atoms with Crippen LogP contribution >= 0.6 is 34.8 Å². The van der Waals surface area contributed by atoms with Gasteiger partial charge in [0, 0.05) is 10.6 Å². The van der Waals surface area contributed by atoms with Crippen molar-refractivity contribution in [3.63, 3.8) is 0 Å². The molecule has 0 aromatic heterocycles. The highest BCUT2D eigenvalue weighted by molar-refractivity contribution is 7.89. The molecular formula is C16H12Cl3NO5S. The number of ketones is 1. The van der Waals surface area contributed by atoms with E-state index in [2.05, 4.69) is 4.72 Å². The second-order valence-corrected chi connectivity index (χ2v) is 8.08. The molecule has 2 aromatic rings. The standard InChI is InChI=1S/C16H12Cl3NO5S/c1-20-26(23,24)15-6-9(2-5-12(15)18)16(22)25-8-14(21)11-4-3-10(17)7-13(11)19/h2-7,20H,8H2,1H3. The fraction of sp³-hybridized carbons (Fsp3) is 0.125. The second kappa shape index (κ2) is 8.37. The maximum atomic E-state index is 12.1. The highest BCUT2D eigenvalue weighted by atomic mass is 35.5. The van der Waals surface area contributed by atoms with E-state index in [1.165, 1.54) is 37.4 Å². The van der Waals surface area contributed by atoms with Crippen molar-refractivity contribution >= 4 is 56.6 Å². The third kappa shape index (κ3) is 4.75. The van der Waals surface area contributed by atoms with E-state index in [0.717, 1.165) is 6.07 Å². The Hall–Kier alpha value is -1.64. The van der Waals surface area contributed by atoms with Crippen molar-refractivity contribution in [3.05, 3.63) is 62.6 Å². The van der Waals surface area contributed by atoms with Crippen molar-refractivity contribution < 1.29 is 22.7 Å². The lowest BCUT2D eigenvalue weighted by molar-refractivity contribution is 0.0474. The molecule has 6 nitrogen and oxygen atoms in total. The van der Waals surface area contributed by atoms with Crippen LogP contribution in [0.5, 0.6) is 0 Å². The van der Waals surface area contributed by atoms with Gasteiger partial charge in [-0.25, -0.2) is 17.9 Å². The first-order valence-electron chi connectivity index (χ1n) is 7.04. The molecule has 0 saturated carbocycles. The van der Waals surface area contributed by atoms with Crippen LogP contribution in [0.3, 0.4) is 0 Å². The predicted molar refractivity (Wildman–Crippen MR) is 98.8 cm³/mol. The molecule has 0 amide bonds. The van der Waals surface area contributed by atoms with Crippen molar-refractivity contribution in [2.45, 2.75) is 4.90 Å². The summed E-state index contributed by atoms with van der Waals surface area (Å²) in [6.07, 6.45) is 0. The predicted octanol–water partition coefficient (Wildman–Crippen LogP) is 3.59. The van der Waals surface area contributed by atoms with Gasteiger partial charge in [-0.05, 0) is 43.4 Å². The molecule has 0 atom stereocenters. The number of carbonyl (C=O) groups excluding carboxylic acids is 2. The fourth-order valence-corrected chi connectivity index (χ4v) is 3.72. The number of hydrogen-bond acceptors (Lipinski definition) is 5. The largest absolute Gasteiger partial charge is 0.454 e. The maximum Gasteiger partial charge on any atom is 0.338 e. The molecule has 2 rings (SSSR count). The number of carbonyl (C=O) groups is 2. The molecule has 0 saturated heterocycles. The number of hydrogen-bond donors (Lipinski definition) is 1. The highest BCUT2D eigenvalue weighted by Crippen LogP contribution is 2.24. The molecule has 0 fully saturated rings. The Kier molecular flexibility index (Phi) is 6.65. The van der Waals surface area contributed by atoms with Crippen molar-refractivity contribution in [2.24, 2.45) is 0 Å². The van der Waals surface area contributed by atoms with Gasteiger partial charge in [-0.3, -0.25) is 4.79 Å². The Balaban J connectivity index is 2.15. The average Bonchev–Trinajstić information content (AvgIpc) is 2.59. The van der Waals surface area contributed by atoms with E-state index in [0.29, 0.717) is 5.02 Å². The minimum atomic E-state index is -3.86. The van der Waals surface area contributed by atoms with Gasteiger partial charge in [0.25, 0.3) is 0 Å². The van der Waals surface area contributed by atoms with Crippen LogP contribution in [0, 0.1) is 0 Å². The Bertz CT molecular complexity index is 976. The normalized spacial score (nSPS) is 11.2. The molecule has 26 heavy (non-hydrogen) atoms. The van der Waals surface area contributed by atoms with Crippen LogP contribution in [-0.2, 0) is 14.8 Å². The Morgan fingerprint density at radius 2 is 1.73 bits per heavy atom. The van der Waals surface area contributed by atoms with Gasteiger partial charge >= 0.3 is 5.97 Å². The Morgan fingerprint density at radius 3 is 2.35 bits per heavy atom. The average molecular weight is 437 g/mol. The zero-order valence-electron chi connectivity index (χ0n) is 13.3. The summed E-state index contributed by atoms with van der Waals surface area (Å²) in [6.45, 7) is -0.572. The molecule has 0 spiro atoms. The minimum Gasteiger partial charge on any atom is -0.454 e. The first kappa shape index (κ1) is 20.7. The van der Waals surface area contributed by atoms with Crippen LogP contribution in [0.4, 0.5) is 0 Å². The molecule has 0 heterocycles. The summed E-state index contributed by atoms with van der Waals surface area (Å²) in [6, 6.07) is 7.90. The number of Topliss-reactive ketones (excluding diaryl/α,β-unsaturated/α-hetero) is 1. The van der Waals surface area contributed by atoms with E-state index >= 15 is 0 Å². The number of rotatable bonds is 6. The van der Waals surface area contributed by atoms with Crippen molar-refractivity contribution in [1.82, 2.24) is 4.72 Å². The molecule has 0 aliphatic rings. The third-order valence-corrected chi connectivity index (χ3v) is 5.73. The molecule has 0 unspecified atom stereocenters. The molecule has 0 aliphatic carbocycles. The molecule has 2 aromatic carbocycles. The van der Waals surface area contributed by atoms with Gasteiger partial charge in [-0.15, -0.1) is 0 Å². The lowest BCUT2D eigenvalue weighted by atomic mass is 10.1. The molecule has 0 aliphatic heterocycles. The summed E-state index contributed by atoms with van der Waals surface area (Å²) in [5.74, 6) is -1.41. The summed E-state index contributed by atoms with van der Waals surface area (Å²) in [5, 5.41) is 0.440. The van der Waals surface area contributed by atoms with Crippen molar-refractivity contribution in [3.8, 4) is 0 Å². The first-order valence-corrected chi connectivity index (χ1v) is 9.66. The smallest absolute Gasteiger partial charge is 0.338 e. The van der Waals surface area contributed by atoms with Gasteiger partial charge in [-0.2, -0.15) is 0 Å². The zero-order valence-corrected chi connectivity index (χ0v) is 16.3. The minimum absolute atomic E-state index is 0.0556. The number of esters is 1. The van der Waals surface area contributed by atoms with Crippen LogP contribution in [0.15, 0.2) is 41.3 Å². The topological polar surface area (TPSA) is 89.5 Å². The van der Waals surface area contributed by atoms with Gasteiger partial charge < -0.3 is 4.74 Å². The number of sulfonamides is 1. The lowest BCUT2D eigenvalue weighted by Gasteiger charge is -2.09. The van der Waals surface area contributed by atoms with E-state index < -0.39 is 28.4 Å². The number of nitrogens with one attached hydrogen (secondary N) is 1. The zero-order chi connectivity index (χ0) is 19.5. The Morgan fingerprint density at radius 1 is 1.04 bits per heavy atom. The first-order chi connectivity index (χ1) is 12.2. The lowest BCUT2D eigenvalue weighted by Crippen LogP contribution is -2.20.